The summed E-state index contributed by atoms with van der Waals surface area (Å²) < 4.78 is 7.15. The number of carbonyl (C=O) groups excluding carboxylic acids is 1. The smallest absolute Gasteiger partial charge is 0.322 e. The number of urea groups is 1. The van der Waals surface area contributed by atoms with Crippen molar-refractivity contribution >= 4 is 34.2 Å². The van der Waals surface area contributed by atoms with E-state index in [9.17, 15) is 9.59 Å². The van der Waals surface area contributed by atoms with Crippen molar-refractivity contribution in [3.63, 3.8) is 0 Å². The van der Waals surface area contributed by atoms with Crippen molar-refractivity contribution in [2.45, 2.75) is 26.4 Å². The van der Waals surface area contributed by atoms with Crippen LogP contribution >= 0.6 is 11.6 Å². The third-order valence-electron chi connectivity index (χ3n) is 6.15. The van der Waals surface area contributed by atoms with Crippen LogP contribution in [0.1, 0.15) is 30.1 Å². The molecule has 1 N–H and O–H groups in total. The number of amides is 2. The highest BCUT2D eigenvalue weighted by Gasteiger charge is 2.28. The van der Waals surface area contributed by atoms with Crippen LogP contribution in [-0.4, -0.2) is 20.5 Å². The highest BCUT2D eigenvalue weighted by Crippen LogP contribution is 2.26. The lowest BCUT2D eigenvalue weighted by molar-refractivity contribution is 0.179. The molecular weight excluding hydrogens is 488 g/mol. The Labute approximate surface area is 218 Å². The van der Waals surface area contributed by atoms with Gasteiger partial charge in [0.1, 0.15) is 11.6 Å². The molecule has 1 unspecified atom stereocenters. The fourth-order valence-electron chi connectivity index (χ4n) is 4.30. The van der Waals surface area contributed by atoms with Gasteiger partial charge >= 0.3 is 6.03 Å². The van der Waals surface area contributed by atoms with Crippen LogP contribution in [0, 0.1) is 6.92 Å². The van der Waals surface area contributed by atoms with Crippen molar-refractivity contribution in [2.24, 2.45) is 0 Å². The number of benzene rings is 3. The molecule has 0 aliphatic carbocycles. The van der Waals surface area contributed by atoms with E-state index >= 15 is 0 Å². The topological polar surface area (TPSA) is 80.4 Å². The minimum atomic E-state index is -0.609. The second-order valence-corrected chi connectivity index (χ2v) is 9.23. The third-order valence-corrected chi connectivity index (χ3v) is 6.38. The monoisotopic (exact) mass is 512 g/mol. The fourth-order valence-corrected chi connectivity index (χ4v) is 4.49. The Kier molecular flexibility index (Phi) is 6.79. The number of rotatable bonds is 6. The van der Waals surface area contributed by atoms with Crippen LogP contribution in [0.25, 0.3) is 16.6 Å². The minimum absolute atomic E-state index is 0.164. The Morgan fingerprint density at radius 3 is 2.62 bits per heavy atom. The molecular formula is C29H25ClN4O3. The van der Waals surface area contributed by atoms with Gasteiger partial charge in [-0.2, -0.15) is 0 Å². The fraction of sp³-hybridized carbons (Fsp3) is 0.138. The van der Waals surface area contributed by atoms with Crippen LogP contribution in [0.5, 0.6) is 0 Å². The van der Waals surface area contributed by atoms with Crippen LogP contribution in [0.15, 0.2) is 100 Å². The lowest BCUT2D eigenvalue weighted by Crippen LogP contribution is -2.39. The Balaban J connectivity index is 1.64. The Morgan fingerprint density at radius 1 is 1.05 bits per heavy atom. The number of halogens is 1. The Bertz CT molecular complexity index is 1630. The second-order valence-electron chi connectivity index (χ2n) is 8.79. The van der Waals surface area contributed by atoms with Crippen molar-refractivity contribution in [3.05, 3.63) is 124 Å². The first-order chi connectivity index (χ1) is 17.9. The normalized spacial score (nSPS) is 11.9. The lowest BCUT2D eigenvalue weighted by Gasteiger charge is -2.30. The van der Waals surface area contributed by atoms with Gasteiger partial charge in [-0.05, 0) is 74.0 Å². The summed E-state index contributed by atoms with van der Waals surface area (Å²) in [6, 6.07) is 24.4. The van der Waals surface area contributed by atoms with Crippen molar-refractivity contribution < 1.29 is 9.21 Å². The van der Waals surface area contributed by atoms with E-state index in [1.165, 1.54) is 0 Å². The molecule has 0 fully saturated rings. The molecule has 8 heteroatoms. The summed E-state index contributed by atoms with van der Waals surface area (Å²) in [6.45, 7) is 3.98. The molecule has 0 aliphatic heterocycles. The molecule has 0 bridgehead atoms. The van der Waals surface area contributed by atoms with Gasteiger partial charge in [0.05, 0.1) is 35.4 Å². The molecule has 2 amide bonds. The van der Waals surface area contributed by atoms with E-state index < -0.39 is 6.04 Å². The molecule has 0 saturated carbocycles. The molecule has 37 heavy (non-hydrogen) atoms. The number of hydrogen-bond acceptors (Lipinski definition) is 4. The van der Waals surface area contributed by atoms with Gasteiger partial charge in [0.25, 0.3) is 5.56 Å². The van der Waals surface area contributed by atoms with E-state index in [1.807, 2.05) is 50.2 Å². The van der Waals surface area contributed by atoms with Gasteiger partial charge in [0.15, 0.2) is 0 Å². The van der Waals surface area contributed by atoms with Gasteiger partial charge < -0.3 is 14.6 Å². The van der Waals surface area contributed by atoms with Gasteiger partial charge in [-0.15, -0.1) is 0 Å². The van der Waals surface area contributed by atoms with E-state index in [1.54, 1.807) is 64.3 Å². The van der Waals surface area contributed by atoms with Gasteiger partial charge in [-0.25, -0.2) is 9.78 Å². The van der Waals surface area contributed by atoms with Crippen molar-refractivity contribution in [1.29, 1.82) is 0 Å². The first kappa shape index (κ1) is 24.3. The molecule has 3 aromatic carbocycles. The largest absolute Gasteiger partial charge is 0.467 e. The summed E-state index contributed by atoms with van der Waals surface area (Å²) in [6.07, 6.45) is 1.56. The summed E-state index contributed by atoms with van der Waals surface area (Å²) in [4.78, 5) is 33.9. The van der Waals surface area contributed by atoms with Crippen molar-refractivity contribution in [3.8, 4) is 5.69 Å². The second kappa shape index (κ2) is 10.3. The lowest BCUT2D eigenvalue weighted by atomic mass is 10.1. The van der Waals surface area contributed by atoms with Crippen molar-refractivity contribution in [2.75, 3.05) is 5.32 Å². The van der Waals surface area contributed by atoms with Gasteiger partial charge in [-0.1, -0.05) is 41.9 Å². The number of hydrogen-bond donors (Lipinski definition) is 1. The van der Waals surface area contributed by atoms with Crippen LogP contribution in [0.2, 0.25) is 5.02 Å². The molecule has 186 valence electrons. The molecule has 7 nitrogen and oxygen atoms in total. The maximum absolute atomic E-state index is 13.8. The number of nitrogens with zero attached hydrogens (tertiary/aromatic N) is 3. The van der Waals surface area contributed by atoms with Crippen LogP contribution < -0.4 is 10.9 Å². The first-order valence-corrected chi connectivity index (χ1v) is 12.2. The Hall–Kier alpha value is -4.36. The highest BCUT2D eigenvalue weighted by molar-refractivity contribution is 6.30. The zero-order valence-electron chi connectivity index (χ0n) is 20.4. The number of fused-ring (bicyclic) bond motifs is 1. The van der Waals surface area contributed by atoms with E-state index in [4.69, 9.17) is 21.0 Å². The number of anilines is 1. The predicted molar refractivity (Wildman–Crippen MR) is 145 cm³/mol. The molecule has 0 radical (unpaired) electrons. The summed E-state index contributed by atoms with van der Waals surface area (Å²) in [5.74, 6) is 1.03. The number of nitrogens with one attached hydrogen (secondary N) is 1. The summed E-state index contributed by atoms with van der Waals surface area (Å²) in [7, 11) is 0. The predicted octanol–water partition coefficient (Wildman–Crippen LogP) is 6.74. The number of aryl methyl sites for hydroxylation is 1. The molecule has 5 aromatic rings. The maximum Gasteiger partial charge on any atom is 0.322 e. The third kappa shape index (κ3) is 5.13. The molecule has 5 rings (SSSR count). The summed E-state index contributed by atoms with van der Waals surface area (Å²) in [5.41, 5.74) is 2.59. The van der Waals surface area contributed by atoms with E-state index in [0.717, 1.165) is 5.56 Å². The highest BCUT2D eigenvalue weighted by atomic mass is 35.5. The average molecular weight is 513 g/mol. The standard InChI is InChI=1S/C29H25ClN4O3/c1-19-8-5-11-23(16-19)34-27(32-26-14-4-3-13-25(26)28(34)35)20(2)33(18-24-12-7-15-37-24)29(36)31-22-10-6-9-21(30)17-22/h3-17,20H,18H2,1-2H3,(H,31,36). The Morgan fingerprint density at radius 2 is 1.86 bits per heavy atom. The quantitative estimate of drug-likeness (QED) is 0.273. The molecule has 0 saturated heterocycles. The zero-order chi connectivity index (χ0) is 25.9. The molecule has 2 heterocycles. The zero-order valence-corrected chi connectivity index (χ0v) is 21.1. The van der Waals surface area contributed by atoms with E-state index in [2.05, 4.69) is 5.32 Å². The molecule has 0 spiro atoms. The van der Waals surface area contributed by atoms with Crippen LogP contribution in [-0.2, 0) is 6.54 Å². The molecule has 2 aromatic heterocycles. The first-order valence-electron chi connectivity index (χ1n) is 11.8. The SMILES string of the molecule is Cc1cccc(-n2c(C(C)N(Cc3ccco3)C(=O)Nc3cccc(Cl)c3)nc3ccccc3c2=O)c1. The maximum atomic E-state index is 13.8. The van der Waals surface area contributed by atoms with E-state index in [-0.39, 0.29) is 18.1 Å². The molecule has 0 aliphatic rings. The summed E-state index contributed by atoms with van der Waals surface area (Å²) >= 11 is 6.13. The number of aromatic nitrogens is 2. The molecule has 1 atom stereocenters. The minimum Gasteiger partial charge on any atom is -0.467 e. The van der Waals surface area contributed by atoms with Crippen molar-refractivity contribution in [1.82, 2.24) is 14.5 Å². The van der Waals surface area contributed by atoms with Gasteiger partial charge in [0, 0.05) is 10.7 Å². The van der Waals surface area contributed by atoms with Gasteiger partial charge in [-0.3, -0.25) is 9.36 Å². The van der Waals surface area contributed by atoms with Crippen LogP contribution in [0.4, 0.5) is 10.5 Å². The number of carbonyl (C=O) groups is 1. The number of para-hydroxylation sites is 1. The summed E-state index contributed by atoms with van der Waals surface area (Å²) in [5, 5.41) is 3.92. The van der Waals surface area contributed by atoms with Gasteiger partial charge in [0.2, 0.25) is 0 Å². The van der Waals surface area contributed by atoms with E-state index in [0.29, 0.717) is 38.9 Å². The van der Waals surface area contributed by atoms with Crippen LogP contribution in [0.3, 0.4) is 0 Å². The average Bonchev–Trinajstić information content (AvgIpc) is 3.40. The number of furan rings is 1.